The second kappa shape index (κ2) is 7.00. The summed E-state index contributed by atoms with van der Waals surface area (Å²) in [6, 6.07) is 9.26. The molecule has 26 heavy (non-hydrogen) atoms. The van der Waals surface area contributed by atoms with Crippen molar-refractivity contribution in [2.45, 2.75) is 51.0 Å². The van der Waals surface area contributed by atoms with Crippen LogP contribution in [0.3, 0.4) is 0 Å². The van der Waals surface area contributed by atoms with Gasteiger partial charge in [-0.3, -0.25) is 4.68 Å². The third-order valence-corrected chi connectivity index (χ3v) is 5.13. The lowest BCUT2D eigenvalue weighted by atomic mass is 9.95. The molecule has 2 aliphatic heterocycles. The van der Waals surface area contributed by atoms with E-state index in [0.29, 0.717) is 13.2 Å². The number of aliphatic hydroxyl groups is 1. The van der Waals surface area contributed by atoms with E-state index in [1.165, 1.54) is 0 Å². The largest absolute Gasteiger partial charge is 0.497 e. The molecule has 2 saturated heterocycles. The van der Waals surface area contributed by atoms with Crippen molar-refractivity contribution in [1.82, 2.24) is 15.1 Å². The minimum absolute atomic E-state index is 0.172. The fraction of sp³-hybridized carbons (Fsp3) is 0.526. The van der Waals surface area contributed by atoms with E-state index in [1.54, 1.807) is 7.11 Å². The van der Waals surface area contributed by atoms with Gasteiger partial charge in [0.15, 0.2) is 6.29 Å². The molecular weight excluding hydrogens is 334 g/mol. The third kappa shape index (κ3) is 3.12. The van der Waals surface area contributed by atoms with Crippen LogP contribution in [0.1, 0.15) is 23.0 Å². The fourth-order valence-corrected chi connectivity index (χ4v) is 3.88. The van der Waals surface area contributed by atoms with Crippen LogP contribution in [0.5, 0.6) is 5.75 Å². The van der Waals surface area contributed by atoms with Gasteiger partial charge in [0.1, 0.15) is 17.9 Å². The molecular formula is C19H25N3O4. The molecule has 1 aromatic heterocycles. The van der Waals surface area contributed by atoms with Crippen molar-refractivity contribution in [3.8, 4) is 5.75 Å². The zero-order valence-corrected chi connectivity index (χ0v) is 15.3. The molecule has 3 heterocycles. The Labute approximate surface area is 152 Å². The molecule has 1 aromatic carbocycles. The van der Waals surface area contributed by atoms with Crippen molar-refractivity contribution in [2.75, 3.05) is 13.7 Å². The molecule has 2 aliphatic rings. The Morgan fingerprint density at radius 1 is 1.35 bits per heavy atom. The minimum atomic E-state index is -0.662. The molecule has 0 radical (unpaired) electrons. The summed E-state index contributed by atoms with van der Waals surface area (Å²) in [6.07, 6.45) is -1.30. The van der Waals surface area contributed by atoms with Gasteiger partial charge in [0.25, 0.3) is 0 Å². The predicted molar refractivity (Wildman–Crippen MR) is 95.0 cm³/mol. The Morgan fingerprint density at radius 2 is 2.19 bits per heavy atom. The number of nitrogens with one attached hydrogen (secondary N) is 1. The number of nitrogens with zero attached hydrogens (tertiary/aromatic N) is 2. The highest BCUT2D eigenvalue weighted by molar-refractivity contribution is 5.28. The molecule has 4 rings (SSSR count). The maximum absolute atomic E-state index is 11.1. The van der Waals surface area contributed by atoms with Crippen molar-refractivity contribution in [2.24, 2.45) is 0 Å². The number of hydrogen-bond donors (Lipinski definition) is 2. The molecule has 0 aliphatic carbocycles. The van der Waals surface area contributed by atoms with Crippen LogP contribution in [0, 0.1) is 13.8 Å². The topological polar surface area (TPSA) is 77.8 Å². The zero-order chi connectivity index (χ0) is 18.3. The van der Waals surface area contributed by atoms with Gasteiger partial charge in [0.05, 0.1) is 31.6 Å². The van der Waals surface area contributed by atoms with Crippen LogP contribution in [0.4, 0.5) is 0 Å². The highest BCUT2D eigenvalue weighted by atomic mass is 16.7. The second-order valence-corrected chi connectivity index (χ2v) is 6.99. The van der Waals surface area contributed by atoms with Crippen molar-refractivity contribution in [3.05, 3.63) is 47.3 Å². The van der Waals surface area contributed by atoms with Crippen LogP contribution in [-0.4, -0.2) is 53.1 Å². The molecule has 0 spiro atoms. The fourth-order valence-electron chi connectivity index (χ4n) is 3.88. The van der Waals surface area contributed by atoms with Gasteiger partial charge in [-0.05, 0) is 37.6 Å². The first-order valence-corrected chi connectivity index (χ1v) is 8.91. The summed E-state index contributed by atoms with van der Waals surface area (Å²) in [6.45, 7) is 4.99. The SMILES string of the molecule is COc1cccc(CN[C@H]2[C@H](O)[C@@H](n3nc(C)cc3C)[C@@H]3OC[C@H]2O3)c1. The van der Waals surface area contributed by atoms with Gasteiger partial charge in [-0.1, -0.05) is 12.1 Å². The Morgan fingerprint density at radius 3 is 2.92 bits per heavy atom. The lowest BCUT2D eigenvalue weighted by molar-refractivity contribution is -0.168. The van der Waals surface area contributed by atoms with Crippen molar-refractivity contribution < 1.29 is 19.3 Å². The summed E-state index contributed by atoms with van der Waals surface area (Å²) in [5.74, 6) is 0.814. The van der Waals surface area contributed by atoms with E-state index in [2.05, 4.69) is 10.4 Å². The van der Waals surface area contributed by atoms with Crippen LogP contribution in [0.2, 0.25) is 0 Å². The monoisotopic (exact) mass is 359 g/mol. The van der Waals surface area contributed by atoms with Gasteiger partial charge in [-0.15, -0.1) is 0 Å². The zero-order valence-electron chi connectivity index (χ0n) is 15.3. The minimum Gasteiger partial charge on any atom is -0.497 e. The molecule has 0 amide bonds. The average molecular weight is 359 g/mol. The Bertz CT molecular complexity index is 778. The Balaban J connectivity index is 1.53. The summed E-state index contributed by atoms with van der Waals surface area (Å²) < 4.78 is 18.9. The smallest absolute Gasteiger partial charge is 0.183 e. The Hall–Kier alpha value is -1.93. The molecule has 0 unspecified atom stereocenters. The lowest BCUT2D eigenvalue weighted by Gasteiger charge is -2.39. The van der Waals surface area contributed by atoms with Gasteiger partial charge >= 0.3 is 0 Å². The van der Waals surface area contributed by atoms with Crippen LogP contribution in [0.25, 0.3) is 0 Å². The summed E-state index contributed by atoms with van der Waals surface area (Å²) in [7, 11) is 1.65. The summed E-state index contributed by atoms with van der Waals surface area (Å²) in [4.78, 5) is 0. The number of methoxy groups -OCH3 is 1. The van der Waals surface area contributed by atoms with Crippen LogP contribution < -0.4 is 10.1 Å². The van der Waals surface area contributed by atoms with E-state index in [0.717, 1.165) is 22.7 Å². The first kappa shape index (κ1) is 17.5. The molecule has 2 aromatic rings. The third-order valence-electron chi connectivity index (χ3n) is 5.13. The van der Waals surface area contributed by atoms with Crippen molar-refractivity contribution >= 4 is 0 Å². The molecule has 5 atom stereocenters. The lowest BCUT2D eigenvalue weighted by Crippen LogP contribution is -2.57. The number of rotatable bonds is 5. The molecule has 0 saturated carbocycles. The molecule has 140 valence electrons. The number of benzene rings is 1. The van der Waals surface area contributed by atoms with Gasteiger partial charge in [-0.2, -0.15) is 5.10 Å². The highest BCUT2D eigenvalue weighted by Gasteiger charge is 2.51. The van der Waals surface area contributed by atoms with Gasteiger partial charge in [-0.25, -0.2) is 0 Å². The number of aromatic nitrogens is 2. The van der Waals surface area contributed by atoms with Crippen molar-refractivity contribution in [3.63, 3.8) is 0 Å². The van der Waals surface area contributed by atoms with E-state index < -0.39 is 12.4 Å². The highest BCUT2D eigenvalue weighted by Crippen LogP contribution is 2.36. The molecule has 2 fully saturated rings. The predicted octanol–water partition coefficient (Wildman–Crippen LogP) is 1.32. The molecule has 7 nitrogen and oxygen atoms in total. The summed E-state index contributed by atoms with van der Waals surface area (Å²) >= 11 is 0. The summed E-state index contributed by atoms with van der Waals surface area (Å²) in [5.41, 5.74) is 2.98. The molecule has 2 N–H and O–H groups in total. The van der Waals surface area contributed by atoms with E-state index in [9.17, 15) is 5.11 Å². The Kier molecular flexibility index (Phi) is 4.71. The average Bonchev–Trinajstić information content (AvgIpc) is 3.20. The number of aliphatic hydroxyl groups excluding tert-OH is 1. The quantitative estimate of drug-likeness (QED) is 0.839. The number of hydrogen-bond acceptors (Lipinski definition) is 6. The maximum atomic E-state index is 11.1. The van der Waals surface area contributed by atoms with Crippen molar-refractivity contribution in [1.29, 1.82) is 0 Å². The first-order valence-electron chi connectivity index (χ1n) is 8.91. The standard InChI is InChI=1S/C19H25N3O4/c1-11-7-12(2)22(21-11)17-18(23)16(15-10-25-19(17)26-15)20-9-13-5-4-6-14(8-13)24-3/h4-8,15-20,23H,9-10H2,1-3H3/t15-,16-,17-,18+,19-/m1/s1. The van der Waals surface area contributed by atoms with E-state index in [-0.39, 0.29) is 18.2 Å². The molecule has 2 bridgehead atoms. The van der Waals surface area contributed by atoms with Gasteiger partial charge in [0.2, 0.25) is 0 Å². The second-order valence-electron chi connectivity index (χ2n) is 6.99. The van der Waals surface area contributed by atoms with Gasteiger partial charge in [0, 0.05) is 12.2 Å². The number of fused-ring (bicyclic) bond motifs is 2. The number of aryl methyl sites for hydroxylation is 2. The summed E-state index contributed by atoms with van der Waals surface area (Å²) in [5, 5.41) is 19.0. The number of ether oxygens (including phenoxy) is 3. The first-order chi connectivity index (χ1) is 12.6. The normalized spacial score (nSPS) is 30.5. The maximum Gasteiger partial charge on any atom is 0.183 e. The molecule has 7 heteroatoms. The van der Waals surface area contributed by atoms with Crippen LogP contribution >= 0.6 is 0 Å². The van der Waals surface area contributed by atoms with Gasteiger partial charge < -0.3 is 24.6 Å². The van der Waals surface area contributed by atoms with E-state index in [1.807, 2.05) is 48.9 Å². The van der Waals surface area contributed by atoms with E-state index >= 15 is 0 Å². The van der Waals surface area contributed by atoms with Crippen LogP contribution in [-0.2, 0) is 16.0 Å². The van der Waals surface area contributed by atoms with E-state index in [4.69, 9.17) is 14.2 Å². The van der Waals surface area contributed by atoms with Crippen LogP contribution in [0.15, 0.2) is 30.3 Å².